The number of nitro groups is 1. The van der Waals surface area contributed by atoms with Crippen LogP contribution in [0.4, 0.5) is 11.4 Å². The van der Waals surface area contributed by atoms with E-state index in [1.165, 1.54) is 36.4 Å². The molecule has 2 rings (SSSR count). The van der Waals surface area contributed by atoms with Crippen molar-refractivity contribution in [3.05, 3.63) is 57.1 Å². The number of benzene rings is 2. The first-order valence-corrected chi connectivity index (χ1v) is 7.02. The van der Waals surface area contributed by atoms with Crippen molar-refractivity contribution < 1.29 is 19.6 Å². The molecular weight excluding hydrogens is 324 g/mol. The van der Waals surface area contributed by atoms with E-state index in [0.29, 0.717) is 0 Å². The molecule has 0 bridgehead atoms. The van der Waals surface area contributed by atoms with Gasteiger partial charge in [-0.15, -0.1) is 0 Å². The largest absolute Gasteiger partial charge is 0.504 e. The molecule has 0 aliphatic heterocycles. The zero-order valence-corrected chi connectivity index (χ0v) is 12.8. The molecule has 0 fully saturated rings. The van der Waals surface area contributed by atoms with Crippen LogP contribution in [0, 0.1) is 10.1 Å². The van der Waals surface area contributed by atoms with Crippen molar-refractivity contribution in [1.82, 2.24) is 0 Å². The van der Waals surface area contributed by atoms with Gasteiger partial charge in [0, 0.05) is 6.07 Å². The molecule has 0 aliphatic carbocycles. The molecule has 2 N–H and O–H groups in total. The normalized spacial score (nSPS) is 10.2. The lowest BCUT2D eigenvalue weighted by molar-refractivity contribution is -0.385. The van der Waals surface area contributed by atoms with Gasteiger partial charge >= 0.3 is 0 Å². The Kier molecular flexibility index (Phi) is 5.02. The SMILES string of the molecule is CCOc1cccc([N+](=O)[O-])c1C(=O)Nc1cccc(Cl)c1O. The van der Waals surface area contributed by atoms with Crippen LogP contribution in [0.15, 0.2) is 36.4 Å². The number of ether oxygens (including phenoxy) is 1. The topological polar surface area (TPSA) is 102 Å². The number of carbonyl (C=O) groups excluding carboxylic acids is 1. The zero-order chi connectivity index (χ0) is 17.0. The third kappa shape index (κ3) is 3.51. The smallest absolute Gasteiger partial charge is 0.285 e. The third-order valence-corrected chi connectivity index (χ3v) is 3.27. The first-order chi connectivity index (χ1) is 11.0. The summed E-state index contributed by atoms with van der Waals surface area (Å²) in [4.78, 5) is 22.9. The van der Waals surface area contributed by atoms with Crippen LogP contribution in [0.3, 0.4) is 0 Å². The van der Waals surface area contributed by atoms with Crippen molar-refractivity contribution in [2.75, 3.05) is 11.9 Å². The second-order valence-electron chi connectivity index (χ2n) is 4.43. The molecule has 0 unspecified atom stereocenters. The number of phenolic OH excluding ortho intramolecular Hbond substituents is 1. The van der Waals surface area contributed by atoms with Crippen LogP contribution in [0.25, 0.3) is 0 Å². The van der Waals surface area contributed by atoms with Crippen LogP contribution in [-0.2, 0) is 0 Å². The van der Waals surface area contributed by atoms with Crippen molar-refractivity contribution in [2.24, 2.45) is 0 Å². The lowest BCUT2D eigenvalue weighted by Crippen LogP contribution is -2.16. The summed E-state index contributed by atoms with van der Waals surface area (Å²) in [5, 5.41) is 23.4. The molecular formula is C15H13ClN2O5. The van der Waals surface area contributed by atoms with Gasteiger partial charge in [-0.05, 0) is 25.1 Å². The minimum Gasteiger partial charge on any atom is -0.504 e. The van der Waals surface area contributed by atoms with Gasteiger partial charge in [-0.1, -0.05) is 23.7 Å². The van der Waals surface area contributed by atoms with Gasteiger partial charge in [0.25, 0.3) is 11.6 Å². The first kappa shape index (κ1) is 16.6. The van der Waals surface area contributed by atoms with Crippen LogP contribution < -0.4 is 10.1 Å². The van der Waals surface area contributed by atoms with Gasteiger partial charge in [0.1, 0.15) is 5.75 Å². The summed E-state index contributed by atoms with van der Waals surface area (Å²) in [5.74, 6) is -1.02. The molecule has 23 heavy (non-hydrogen) atoms. The highest BCUT2D eigenvalue weighted by Gasteiger charge is 2.25. The average Bonchev–Trinajstić information content (AvgIpc) is 2.51. The summed E-state index contributed by atoms with van der Waals surface area (Å²) >= 11 is 5.77. The number of nitrogens with zero attached hydrogens (tertiary/aromatic N) is 1. The van der Waals surface area contributed by atoms with Gasteiger partial charge in [0.2, 0.25) is 0 Å². The number of anilines is 1. The van der Waals surface area contributed by atoms with E-state index in [1.54, 1.807) is 6.92 Å². The molecule has 0 saturated carbocycles. The average molecular weight is 337 g/mol. The highest BCUT2D eigenvalue weighted by atomic mass is 35.5. The summed E-state index contributed by atoms with van der Waals surface area (Å²) in [5.41, 5.74) is -0.572. The second kappa shape index (κ2) is 6.97. The number of hydrogen-bond donors (Lipinski definition) is 2. The number of rotatable bonds is 5. The molecule has 0 aliphatic rings. The summed E-state index contributed by atoms with van der Waals surface area (Å²) in [6, 6.07) is 8.49. The fraction of sp³-hybridized carbons (Fsp3) is 0.133. The summed E-state index contributed by atoms with van der Waals surface area (Å²) < 4.78 is 5.29. The van der Waals surface area contributed by atoms with Crippen LogP contribution in [0.5, 0.6) is 11.5 Å². The molecule has 0 aromatic heterocycles. The Labute approximate surface area is 136 Å². The summed E-state index contributed by atoms with van der Waals surface area (Å²) in [7, 11) is 0. The van der Waals surface area contributed by atoms with Crippen LogP contribution in [0.1, 0.15) is 17.3 Å². The van der Waals surface area contributed by atoms with E-state index in [1.807, 2.05) is 0 Å². The number of amides is 1. The number of nitrogens with one attached hydrogen (secondary N) is 1. The lowest BCUT2D eigenvalue weighted by Gasteiger charge is -2.12. The van der Waals surface area contributed by atoms with Crippen molar-refractivity contribution in [2.45, 2.75) is 6.92 Å². The van der Waals surface area contributed by atoms with Crippen molar-refractivity contribution in [1.29, 1.82) is 0 Å². The Hall–Kier alpha value is -2.80. The molecule has 1 amide bonds. The quantitative estimate of drug-likeness (QED) is 0.493. The molecule has 2 aromatic carbocycles. The van der Waals surface area contributed by atoms with E-state index in [4.69, 9.17) is 16.3 Å². The Morgan fingerprint density at radius 3 is 2.70 bits per heavy atom. The molecule has 120 valence electrons. The zero-order valence-electron chi connectivity index (χ0n) is 12.1. The molecule has 2 aromatic rings. The highest BCUT2D eigenvalue weighted by Crippen LogP contribution is 2.34. The van der Waals surface area contributed by atoms with Gasteiger partial charge in [0.15, 0.2) is 11.3 Å². The maximum atomic E-state index is 12.4. The standard InChI is InChI=1S/C15H13ClN2O5/c1-2-23-12-8-4-7-11(18(21)22)13(12)15(20)17-10-6-3-5-9(16)14(10)19/h3-8,19H,2H2,1H3,(H,17,20). The Bertz CT molecular complexity index is 764. The predicted molar refractivity (Wildman–Crippen MR) is 85.3 cm³/mol. The lowest BCUT2D eigenvalue weighted by atomic mass is 10.1. The van der Waals surface area contributed by atoms with Crippen LogP contribution in [-0.4, -0.2) is 22.5 Å². The monoisotopic (exact) mass is 336 g/mol. The van der Waals surface area contributed by atoms with Crippen molar-refractivity contribution >= 4 is 28.9 Å². The first-order valence-electron chi connectivity index (χ1n) is 6.64. The summed E-state index contributed by atoms with van der Waals surface area (Å²) in [6.45, 7) is 1.94. The number of para-hydroxylation sites is 1. The molecule has 8 heteroatoms. The minimum absolute atomic E-state index is 0.0445. The van der Waals surface area contributed by atoms with E-state index >= 15 is 0 Å². The Balaban J connectivity index is 2.45. The van der Waals surface area contributed by atoms with Crippen LogP contribution in [0.2, 0.25) is 5.02 Å². The molecule has 0 radical (unpaired) electrons. The fourth-order valence-corrected chi connectivity index (χ4v) is 2.15. The van der Waals surface area contributed by atoms with Gasteiger partial charge in [-0.3, -0.25) is 14.9 Å². The molecule has 0 heterocycles. The number of hydrogen-bond acceptors (Lipinski definition) is 5. The van der Waals surface area contributed by atoms with Gasteiger partial charge in [-0.25, -0.2) is 0 Å². The highest BCUT2D eigenvalue weighted by molar-refractivity contribution is 6.32. The van der Waals surface area contributed by atoms with E-state index in [-0.39, 0.29) is 34.4 Å². The number of halogens is 1. The maximum absolute atomic E-state index is 12.4. The number of carbonyl (C=O) groups is 1. The van der Waals surface area contributed by atoms with Gasteiger partial charge < -0.3 is 15.2 Å². The van der Waals surface area contributed by atoms with Gasteiger partial charge in [-0.2, -0.15) is 0 Å². The maximum Gasteiger partial charge on any atom is 0.285 e. The molecule has 0 spiro atoms. The molecule has 0 atom stereocenters. The van der Waals surface area contributed by atoms with E-state index < -0.39 is 16.5 Å². The molecule has 0 saturated heterocycles. The van der Waals surface area contributed by atoms with E-state index in [9.17, 15) is 20.0 Å². The van der Waals surface area contributed by atoms with Gasteiger partial charge in [0.05, 0.1) is 22.2 Å². The predicted octanol–water partition coefficient (Wildman–Crippen LogP) is 3.60. The fourth-order valence-electron chi connectivity index (χ4n) is 1.98. The van der Waals surface area contributed by atoms with Crippen molar-refractivity contribution in [3.8, 4) is 11.5 Å². The second-order valence-corrected chi connectivity index (χ2v) is 4.84. The van der Waals surface area contributed by atoms with Crippen LogP contribution >= 0.6 is 11.6 Å². The Morgan fingerprint density at radius 2 is 2.04 bits per heavy atom. The summed E-state index contributed by atoms with van der Waals surface area (Å²) in [6.07, 6.45) is 0. The Morgan fingerprint density at radius 1 is 1.35 bits per heavy atom. The number of nitro benzene ring substituents is 1. The number of aromatic hydroxyl groups is 1. The van der Waals surface area contributed by atoms with Crippen molar-refractivity contribution in [3.63, 3.8) is 0 Å². The minimum atomic E-state index is -0.779. The third-order valence-electron chi connectivity index (χ3n) is 2.96. The van der Waals surface area contributed by atoms with E-state index in [0.717, 1.165) is 0 Å². The van der Waals surface area contributed by atoms with E-state index in [2.05, 4.69) is 5.32 Å². The molecule has 7 nitrogen and oxygen atoms in total. The number of phenols is 1.